The van der Waals surface area contributed by atoms with Crippen molar-refractivity contribution in [1.29, 1.82) is 5.26 Å². The molecule has 0 aromatic carbocycles. The van der Waals surface area contributed by atoms with E-state index in [4.69, 9.17) is 5.26 Å². The summed E-state index contributed by atoms with van der Waals surface area (Å²) < 4.78 is 25.4. The highest BCUT2D eigenvalue weighted by Gasteiger charge is 2.41. The van der Waals surface area contributed by atoms with Crippen LogP contribution in [0.25, 0.3) is 0 Å². The van der Waals surface area contributed by atoms with Crippen molar-refractivity contribution >= 4 is 9.84 Å². The summed E-state index contributed by atoms with van der Waals surface area (Å²) in [4.78, 5) is 0. The van der Waals surface area contributed by atoms with E-state index >= 15 is 0 Å². The molecule has 2 rings (SSSR count). The second-order valence-corrected chi connectivity index (χ2v) is 8.49. The zero-order valence-corrected chi connectivity index (χ0v) is 12.0. The molecule has 0 aliphatic heterocycles. The van der Waals surface area contributed by atoms with Gasteiger partial charge in [-0.2, -0.15) is 5.26 Å². The number of nitriles is 1. The summed E-state index contributed by atoms with van der Waals surface area (Å²) in [5.41, 5.74) is 0. The Hall–Kier alpha value is -0.560. The molecule has 0 saturated heterocycles. The molecule has 4 atom stereocenters. The average Bonchev–Trinajstić information content (AvgIpc) is 2.38. The Bertz CT molecular complexity index is 424. The molecule has 2 saturated carbocycles. The van der Waals surface area contributed by atoms with Gasteiger partial charge in [0.2, 0.25) is 0 Å². The van der Waals surface area contributed by atoms with Crippen LogP contribution in [0.15, 0.2) is 0 Å². The van der Waals surface area contributed by atoms with Crippen molar-refractivity contribution in [3.8, 4) is 6.07 Å². The molecule has 0 aromatic heterocycles. The van der Waals surface area contributed by atoms with Gasteiger partial charge in [0.25, 0.3) is 0 Å². The lowest BCUT2D eigenvalue weighted by Crippen LogP contribution is -2.40. The van der Waals surface area contributed by atoms with Gasteiger partial charge in [0.15, 0.2) is 9.84 Å². The highest BCUT2D eigenvalue weighted by Crippen LogP contribution is 2.36. The molecule has 4 unspecified atom stereocenters. The zero-order chi connectivity index (χ0) is 13.2. The van der Waals surface area contributed by atoms with Crippen LogP contribution in [0.5, 0.6) is 0 Å². The van der Waals surface area contributed by atoms with Crippen molar-refractivity contribution in [1.82, 2.24) is 0 Å². The number of hydrogen-bond donors (Lipinski definition) is 0. The molecule has 0 N–H and O–H groups in total. The van der Waals surface area contributed by atoms with Crippen LogP contribution in [0.1, 0.15) is 58.3 Å². The second-order valence-electron chi connectivity index (χ2n) is 6.04. The van der Waals surface area contributed by atoms with Gasteiger partial charge >= 0.3 is 0 Å². The Kier molecular flexibility index (Phi) is 4.32. The fourth-order valence-corrected chi connectivity index (χ4v) is 6.30. The summed E-state index contributed by atoms with van der Waals surface area (Å²) in [6.07, 6.45) is 7.22. The Morgan fingerprint density at radius 1 is 1.06 bits per heavy atom. The number of nitrogens with zero attached hydrogens (tertiary/aromatic N) is 1. The van der Waals surface area contributed by atoms with Gasteiger partial charge in [-0.15, -0.1) is 0 Å². The van der Waals surface area contributed by atoms with Crippen molar-refractivity contribution in [2.75, 3.05) is 0 Å². The fourth-order valence-electron chi connectivity index (χ4n) is 3.56. The topological polar surface area (TPSA) is 57.9 Å². The van der Waals surface area contributed by atoms with Gasteiger partial charge in [-0.1, -0.05) is 32.6 Å². The molecule has 2 aliphatic rings. The van der Waals surface area contributed by atoms with E-state index in [1.54, 1.807) is 0 Å². The van der Waals surface area contributed by atoms with Crippen molar-refractivity contribution in [2.24, 2.45) is 11.8 Å². The van der Waals surface area contributed by atoms with Crippen LogP contribution in [-0.4, -0.2) is 18.9 Å². The van der Waals surface area contributed by atoms with Gasteiger partial charge in [-0.05, 0) is 31.6 Å². The van der Waals surface area contributed by atoms with E-state index in [0.29, 0.717) is 12.3 Å². The van der Waals surface area contributed by atoms with Gasteiger partial charge in [0.05, 0.1) is 22.5 Å². The van der Waals surface area contributed by atoms with Crippen LogP contribution in [-0.2, 0) is 9.84 Å². The normalized spacial score (nSPS) is 38.0. The lowest BCUT2D eigenvalue weighted by atomic mass is 9.89. The summed E-state index contributed by atoms with van der Waals surface area (Å²) in [5.74, 6) is 0.253. The second kappa shape index (κ2) is 5.61. The number of sulfone groups is 1. The monoisotopic (exact) mass is 269 g/mol. The minimum Gasteiger partial charge on any atom is -0.228 e. The lowest BCUT2D eigenvalue weighted by Gasteiger charge is -2.33. The summed E-state index contributed by atoms with van der Waals surface area (Å²) in [7, 11) is -3.10. The number of hydrogen-bond acceptors (Lipinski definition) is 3. The highest BCUT2D eigenvalue weighted by atomic mass is 32.2. The molecule has 0 spiro atoms. The van der Waals surface area contributed by atoms with Gasteiger partial charge in [0.1, 0.15) is 0 Å². The molecule has 4 heteroatoms. The molecule has 0 radical (unpaired) electrons. The van der Waals surface area contributed by atoms with Crippen LogP contribution < -0.4 is 0 Å². The van der Waals surface area contributed by atoms with Gasteiger partial charge in [-0.3, -0.25) is 0 Å². The smallest absolute Gasteiger partial charge is 0.157 e. The van der Waals surface area contributed by atoms with Crippen molar-refractivity contribution in [2.45, 2.75) is 68.8 Å². The molecule has 0 heterocycles. The highest BCUT2D eigenvalue weighted by molar-refractivity contribution is 7.92. The van der Waals surface area contributed by atoms with E-state index < -0.39 is 9.84 Å². The first-order chi connectivity index (χ1) is 8.55. The van der Waals surface area contributed by atoms with Gasteiger partial charge in [-0.25, -0.2) is 8.42 Å². The molecule has 0 amide bonds. The standard InChI is InChI=1S/C14H23NO2S/c1-11-5-4-7-13(9-11)18(16,17)14-8-3-2-6-12(14)10-15/h11-14H,2-9H2,1H3. The summed E-state index contributed by atoms with van der Waals surface area (Å²) in [5, 5.41) is 8.60. The quantitative estimate of drug-likeness (QED) is 0.774. The lowest BCUT2D eigenvalue weighted by molar-refractivity contribution is 0.367. The molecule has 18 heavy (non-hydrogen) atoms. The summed E-state index contributed by atoms with van der Waals surface area (Å²) >= 11 is 0. The molecule has 0 bridgehead atoms. The fraction of sp³-hybridized carbons (Fsp3) is 0.929. The number of rotatable bonds is 2. The largest absolute Gasteiger partial charge is 0.228 e. The van der Waals surface area contributed by atoms with Crippen LogP contribution in [0.2, 0.25) is 0 Å². The SMILES string of the molecule is CC1CCCC(S(=O)(=O)C2CCCCC2C#N)C1. The maximum atomic E-state index is 12.7. The predicted octanol–water partition coefficient (Wildman–Crippen LogP) is 3.06. The van der Waals surface area contributed by atoms with E-state index in [9.17, 15) is 8.42 Å². The maximum absolute atomic E-state index is 12.7. The minimum atomic E-state index is -3.10. The predicted molar refractivity (Wildman–Crippen MR) is 71.7 cm³/mol. The Balaban J connectivity index is 2.16. The van der Waals surface area contributed by atoms with Crippen LogP contribution in [0, 0.1) is 23.2 Å². The van der Waals surface area contributed by atoms with Gasteiger partial charge in [0, 0.05) is 0 Å². The molecular weight excluding hydrogens is 246 g/mol. The average molecular weight is 269 g/mol. The molecule has 0 aromatic rings. The first kappa shape index (κ1) is 13.9. The molecule has 2 fully saturated rings. The zero-order valence-electron chi connectivity index (χ0n) is 11.1. The van der Waals surface area contributed by atoms with Crippen LogP contribution in [0.4, 0.5) is 0 Å². The van der Waals surface area contributed by atoms with Crippen molar-refractivity contribution in [3.05, 3.63) is 0 Å². The van der Waals surface area contributed by atoms with E-state index in [-0.39, 0.29) is 16.4 Å². The third-order valence-electron chi connectivity index (χ3n) is 4.64. The molecule has 2 aliphatic carbocycles. The van der Waals surface area contributed by atoms with Crippen molar-refractivity contribution in [3.63, 3.8) is 0 Å². The Labute approximate surface area is 110 Å². The summed E-state index contributed by atoms with van der Waals surface area (Å²) in [6.45, 7) is 2.14. The minimum absolute atomic E-state index is 0.180. The van der Waals surface area contributed by atoms with Crippen LogP contribution >= 0.6 is 0 Å². The van der Waals surface area contributed by atoms with E-state index in [2.05, 4.69) is 13.0 Å². The maximum Gasteiger partial charge on any atom is 0.157 e. The Morgan fingerprint density at radius 3 is 2.44 bits per heavy atom. The van der Waals surface area contributed by atoms with E-state index in [1.165, 1.54) is 0 Å². The third kappa shape index (κ3) is 2.71. The van der Waals surface area contributed by atoms with Crippen molar-refractivity contribution < 1.29 is 8.42 Å². The van der Waals surface area contributed by atoms with E-state index in [1.807, 2.05) is 0 Å². The summed E-state index contributed by atoms with van der Waals surface area (Å²) in [6, 6.07) is 2.23. The van der Waals surface area contributed by atoms with Gasteiger partial charge < -0.3 is 0 Å². The molecule has 102 valence electrons. The molecular formula is C14H23NO2S. The molecule has 3 nitrogen and oxygen atoms in total. The van der Waals surface area contributed by atoms with Crippen LogP contribution in [0.3, 0.4) is 0 Å². The first-order valence-electron chi connectivity index (χ1n) is 7.18. The van der Waals surface area contributed by atoms with E-state index in [0.717, 1.165) is 44.9 Å². The Morgan fingerprint density at radius 2 is 1.78 bits per heavy atom. The first-order valence-corrected chi connectivity index (χ1v) is 8.79. The third-order valence-corrected chi connectivity index (χ3v) is 7.41.